The molecule has 0 aromatic heterocycles. The average molecular weight is 297 g/mol. The molecular formula is C13H15NO5S. The Morgan fingerprint density at radius 1 is 1.30 bits per heavy atom. The van der Waals surface area contributed by atoms with Gasteiger partial charge in [0.1, 0.15) is 6.04 Å². The van der Waals surface area contributed by atoms with Crippen LogP contribution in [-0.2, 0) is 15.3 Å². The molecule has 0 fully saturated rings. The van der Waals surface area contributed by atoms with Gasteiger partial charge in [0.25, 0.3) is 5.91 Å². The van der Waals surface area contributed by atoms with Gasteiger partial charge in [-0.1, -0.05) is 12.1 Å². The Labute approximate surface area is 120 Å². The van der Waals surface area contributed by atoms with Crippen molar-refractivity contribution in [3.8, 4) is 0 Å². The Hall–Kier alpha value is -2.02. The average Bonchev–Trinajstić information content (AvgIpc) is 2.38. The molecule has 0 aliphatic rings. The molecule has 1 atom stereocenters. The lowest BCUT2D eigenvalue weighted by atomic mass is 10.1. The van der Waals surface area contributed by atoms with Crippen LogP contribution in [0.5, 0.6) is 0 Å². The van der Waals surface area contributed by atoms with E-state index in [2.05, 4.69) is 5.32 Å². The first kappa shape index (κ1) is 16.0. The number of hydrogen-bond donors (Lipinski definition) is 3. The van der Waals surface area contributed by atoms with Crippen molar-refractivity contribution in [1.82, 2.24) is 5.32 Å². The predicted molar refractivity (Wildman–Crippen MR) is 74.8 cm³/mol. The fourth-order valence-electron chi connectivity index (χ4n) is 1.59. The molecule has 6 nitrogen and oxygen atoms in total. The molecule has 3 N–H and O–H groups in total. The minimum Gasteiger partial charge on any atom is -0.481 e. The van der Waals surface area contributed by atoms with E-state index in [-0.39, 0.29) is 0 Å². The monoisotopic (exact) mass is 297 g/mol. The molecule has 7 heteroatoms. The van der Waals surface area contributed by atoms with Gasteiger partial charge in [0.2, 0.25) is 0 Å². The standard InChI is InChI=1S/C13H15NO5S/c1-20-7-8-3-2-4-9(5-8)12(17)14-10(13(18)19)6-11(15)16/h2-5,10H,6-7H2,1H3,(H,14,17)(H,15,16)(H,18,19)/t10-/m1/s1. The van der Waals surface area contributed by atoms with Crippen LogP contribution < -0.4 is 5.32 Å². The summed E-state index contributed by atoms with van der Waals surface area (Å²) < 4.78 is 0. The van der Waals surface area contributed by atoms with Crippen molar-refractivity contribution >= 4 is 29.6 Å². The smallest absolute Gasteiger partial charge is 0.326 e. The molecule has 0 spiro atoms. The van der Waals surface area contributed by atoms with Crippen LogP contribution in [0, 0.1) is 0 Å². The fourth-order valence-corrected chi connectivity index (χ4v) is 2.10. The number of carbonyl (C=O) groups excluding carboxylic acids is 1. The van der Waals surface area contributed by atoms with Crippen molar-refractivity contribution in [1.29, 1.82) is 0 Å². The minimum atomic E-state index is -1.44. The number of carbonyl (C=O) groups is 3. The number of amides is 1. The number of aliphatic carboxylic acids is 2. The van der Waals surface area contributed by atoms with Crippen LogP contribution in [0.1, 0.15) is 22.3 Å². The second kappa shape index (κ2) is 7.54. The highest BCUT2D eigenvalue weighted by molar-refractivity contribution is 7.97. The van der Waals surface area contributed by atoms with E-state index in [0.29, 0.717) is 5.56 Å². The highest BCUT2D eigenvalue weighted by Crippen LogP contribution is 2.11. The number of benzene rings is 1. The molecule has 0 bridgehead atoms. The van der Waals surface area contributed by atoms with E-state index in [9.17, 15) is 14.4 Å². The topological polar surface area (TPSA) is 104 Å². The molecule has 0 saturated carbocycles. The van der Waals surface area contributed by atoms with Crippen LogP contribution >= 0.6 is 11.8 Å². The van der Waals surface area contributed by atoms with Gasteiger partial charge in [0, 0.05) is 11.3 Å². The molecule has 0 heterocycles. The second-order valence-corrected chi connectivity index (χ2v) is 4.96. The molecule has 0 aliphatic carbocycles. The van der Waals surface area contributed by atoms with Crippen molar-refractivity contribution in [3.63, 3.8) is 0 Å². The lowest BCUT2D eigenvalue weighted by Crippen LogP contribution is -2.42. The van der Waals surface area contributed by atoms with Crippen LogP contribution in [0.15, 0.2) is 24.3 Å². The second-order valence-electron chi connectivity index (χ2n) is 4.10. The summed E-state index contributed by atoms with van der Waals surface area (Å²) in [4.78, 5) is 33.4. The van der Waals surface area contributed by atoms with Crippen LogP contribution in [-0.4, -0.2) is 40.4 Å². The maximum absolute atomic E-state index is 11.9. The van der Waals surface area contributed by atoms with E-state index in [1.54, 1.807) is 30.0 Å². The number of thioether (sulfide) groups is 1. The molecule has 108 valence electrons. The van der Waals surface area contributed by atoms with Crippen LogP contribution in [0.2, 0.25) is 0 Å². The Morgan fingerprint density at radius 2 is 2.00 bits per heavy atom. The lowest BCUT2D eigenvalue weighted by Gasteiger charge is -2.12. The molecule has 0 radical (unpaired) electrons. The molecule has 0 aliphatic heterocycles. The predicted octanol–water partition coefficient (Wildman–Crippen LogP) is 1.21. The highest BCUT2D eigenvalue weighted by atomic mass is 32.2. The van der Waals surface area contributed by atoms with Gasteiger partial charge in [-0.15, -0.1) is 0 Å². The van der Waals surface area contributed by atoms with Crippen molar-refractivity contribution in [3.05, 3.63) is 35.4 Å². The van der Waals surface area contributed by atoms with Crippen LogP contribution in [0.25, 0.3) is 0 Å². The van der Waals surface area contributed by atoms with Gasteiger partial charge >= 0.3 is 11.9 Å². The first-order valence-electron chi connectivity index (χ1n) is 5.77. The van der Waals surface area contributed by atoms with Gasteiger partial charge in [-0.25, -0.2) is 4.79 Å². The first-order chi connectivity index (χ1) is 9.43. The molecule has 20 heavy (non-hydrogen) atoms. The molecule has 1 rings (SSSR count). The van der Waals surface area contributed by atoms with E-state index >= 15 is 0 Å². The van der Waals surface area contributed by atoms with Gasteiger partial charge in [-0.05, 0) is 24.0 Å². The van der Waals surface area contributed by atoms with E-state index in [1.165, 1.54) is 0 Å². The molecule has 1 aromatic rings. The number of carboxylic acids is 2. The maximum Gasteiger partial charge on any atom is 0.326 e. The van der Waals surface area contributed by atoms with Gasteiger partial charge in [0.05, 0.1) is 6.42 Å². The third-order valence-electron chi connectivity index (χ3n) is 2.48. The third-order valence-corrected chi connectivity index (χ3v) is 3.10. The van der Waals surface area contributed by atoms with Crippen molar-refractivity contribution in [2.24, 2.45) is 0 Å². The molecule has 0 saturated heterocycles. The van der Waals surface area contributed by atoms with Crippen LogP contribution in [0.3, 0.4) is 0 Å². The van der Waals surface area contributed by atoms with Crippen LogP contribution in [0.4, 0.5) is 0 Å². The molecule has 0 unspecified atom stereocenters. The van der Waals surface area contributed by atoms with E-state index < -0.39 is 30.3 Å². The fraction of sp³-hybridized carbons (Fsp3) is 0.308. The minimum absolute atomic E-state index is 0.313. The summed E-state index contributed by atoms with van der Waals surface area (Å²) in [5.74, 6) is -2.52. The SMILES string of the molecule is CSCc1cccc(C(=O)N[C@H](CC(=O)O)C(=O)O)c1. The zero-order valence-electron chi connectivity index (χ0n) is 10.8. The summed E-state index contributed by atoms with van der Waals surface area (Å²) in [5.41, 5.74) is 1.25. The summed E-state index contributed by atoms with van der Waals surface area (Å²) in [6.07, 6.45) is 1.27. The quantitative estimate of drug-likeness (QED) is 0.699. The van der Waals surface area contributed by atoms with E-state index in [1.807, 2.05) is 12.3 Å². The Kier molecular flexibility index (Phi) is 6.05. The summed E-state index contributed by atoms with van der Waals surface area (Å²) in [6, 6.07) is 5.33. The zero-order chi connectivity index (χ0) is 15.1. The number of hydrogen-bond acceptors (Lipinski definition) is 4. The van der Waals surface area contributed by atoms with Crippen molar-refractivity contribution < 1.29 is 24.6 Å². The molecular weight excluding hydrogens is 282 g/mol. The van der Waals surface area contributed by atoms with Crippen molar-refractivity contribution in [2.75, 3.05) is 6.26 Å². The zero-order valence-corrected chi connectivity index (χ0v) is 11.6. The number of rotatable bonds is 7. The van der Waals surface area contributed by atoms with Gasteiger partial charge in [-0.2, -0.15) is 11.8 Å². The highest BCUT2D eigenvalue weighted by Gasteiger charge is 2.23. The summed E-state index contributed by atoms with van der Waals surface area (Å²) in [6.45, 7) is 0. The number of nitrogens with one attached hydrogen (secondary N) is 1. The third kappa shape index (κ3) is 4.93. The van der Waals surface area contributed by atoms with E-state index in [4.69, 9.17) is 10.2 Å². The van der Waals surface area contributed by atoms with Gasteiger partial charge in [-0.3, -0.25) is 9.59 Å². The Morgan fingerprint density at radius 3 is 2.55 bits per heavy atom. The molecule has 1 aromatic carbocycles. The summed E-state index contributed by atoms with van der Waals surface area (Å²) in [5, 5.41) is 19.7. The Balaban J connectivity index is 2.80. The van der Waals surface area contributed by atoms with E-state index in [0.717, 1.165) is 11.3 Å². The Bertz CT molecular complexity index is 517. The molecule has 1 amide bonds. The normalized spacial score (nSPS) is 11.7. The van der Waals surface area contributed by atoms with Gasteiger partial charge < -0.3 is 15.5 Å². The van der Waals surface area contributed by atoms with Gasteiger partial charge in [0.15, 0.2) is 0 Å². The number of carboxylic acid groups (broad SMARTS) is 2. The summed E-state index contributed by atoms with van der Waals surface area (Å²) >= 11 is 1.60. The summed E-state index contributed by atoms with van der Waals surface area (Å²) in [7, 11) is 0. The maximum atomic E-state index is 11.9. The first-order valence-corrected chi connectivity index (χ1v) is 7.16. The van der Waals surface area contributed by atoms with Crippen molar-refractivity contribution in [2.45, 2.75) is 18.2 Å². The lowest BCUT2D eigenvalue weighted by molar-refractivity contribution is -0.145. The largest absolute Gasteiger partial charge is 0.481 e.